The highest BCUT2D eigenvalue weighted by Gasteiger charge is 2.31. The zero-order chi connectivity index (χ0) is 21.7. The van der Waals surface area contributed by atoms with Crippen molar-refractivity contribution in [3.63, 3.8) is 0 Å². The maximum Gasteiger partial charge on any atom is 0.264 e. The quantitative estimate of drug-likeness (QED) is 0.659. The lowest BCUT2D eigenvalue weighted by Gasteiger charge is -2.29. The second-order valence-corrected chi connectivity index (χ2v) is 9.73. The molecule has 1 saturated heterocycles. The zero-order valence-electron chi connectivity index (χ0n) is 17.3. The van der Waals surface area contributed by atoms with Crippen molar-refractivity contribution < 1.29 is 17.9 Å². The molecule has 1 fully saturated rings. The zero-order valence-corrected chi connectivity index (χ0v) is 18.9. The van der Waals surface area contributed by atoms with Crippen molar-refractivity contribution >= 4 is 33.2 Å². The van der Waals surface area contributed by atoms with Crippen molar-refractivity contribution in [1.29, 1.82) is 0 Å². The third kappa shape index (κ3) is 5.08. The highest BCUT2D eigenvalue weighted by Crippen LogP contribution is 2.35. The van der Waals surface area contributed by atoms with E-state index in [-0.39, 0.29) is 23.0 Å². The Labute approximate surface area is 183 Å². The molecule has 2 aromatic carbocycles. The van der Waals surface area contributed by atoms with E-state index in [1.54, 1.807) is 41.3 Å². The van der Waals surface area contributed by atoms with Gasteiger partial charge >= 0.3 is 0 Å². The fourth-order valence-corrected chi connectivity index (χ4v) is 5.12. The van der Waals surface area contributed by atoms with Gasteiger partial charge in [0.05, 0.1) is 17.7 Å². The van der Waals surface area contributed by atoms with Crippen LogP contribution in [0, 0.1) is 6.92 Å². The summed E-state index contributed by atoms with van der Waals surface area (Å²) >= 11 is 6.17. The number of sulfonamides is 1. The summed E-state index contributed by atoms with van der Waals surface area (Å²) in [4.78, 5) is 15.0. The van der Waals surface area contributed by atoms with Crippen molar-refractivity contribution in [2.24, 2.45) is 0 Å². The average Bonchev–Trinajstić information content (AvgIpc) is 3.01. The number of likely N-dealkylation sites (tertiary alicyclic amines) is 1. The molecule has 2 aromatic rings. The van der Waals surface area contributed by atoms with Crippen LogP contribution in [0.15, 0.2) is 47.4 Å². The molecule has 0 aromatic heterocycles. The van der Waals surface area contributed by atoms with Gasteiger partial charge in [-0.05, 0) is 50.1 Å². The van der Waals surface area contributed by atoms with Gasteiger partial charge in [-0.25, -0.2) is 8.42 Å². The van der Waals surface area contributed by atoms with E-state index in [2.05, 4.69) is 0 Å². The van der Waals surface area contributed by atoms with Gasteiger partial charge < -0.3 is 9.64 Å². The van der Waals surface area contributed by atoms with Crippen LogP contribution in [0.1, 0.15) is 31.2 Å². The second kappa shape index (κ2) is 9.71. The largest absolute Gasteiger partial charge is 0.495 e. The van der Waals surface area contributed by atoms with Gasteiger partial charge in [-0.1, -0.05) is 42.1 Å². The van der Waals surface area contributed by atoms with Crippen molar-refractivity contribution in [2.75, 3.05) is 31.0 Å². The summed E-state index contributed by atoms with van der Waals surface area (Å²) in [7, 11) is -2.56. The number of aryl methyl sites for hydroxylation is 1. The molecule has 0 N–H and O–H groups in total. The average molecular weight is 451 g/mol. The van der Waals surface area contributed by atoms with Crippen molar-refractivity contribution in [1.82, 2.24) is 4.90 Å². The number of nitrogens with zero attached hydrogens (tertiary/aromatic N) is 2. The van der Waals surface area contributed by atoms with E-state index in [1.165, 1.54) is 13.2 Å². The Morgan fingerprint density at radius 2 is 1.70 bits per heavy atom. The van der Waals surface area contributed by atoms with Gasteiger partial charge in [0.2, 0.25) is 5.91 Å². The molecule has 0 bridgehead atoms. The lowest BCUT2D eigenvalue weighted by atomic mass is 10.2. The summed E-state index contributed by atoms with van der Waals surface area (Å²) in [5.41, 5.74) is 1.19. The Balaban J connectivity index is 2.03. The highest BCUT2D eigenvalue weighted by molar-refractivity contribution is 7.92. The Hall–Kier alpha value is -2.25. The molecule has 0 saturated carbocycles. The molecular weight excluding hydrogens is 424 g/mol. The van der Waals surface area contributed by atoms with Crippen LogP contribution in [-0.2, 0) is 14.8 Å². The van der Waals surface area contributed by atoms with Crippen LogP contribution in [-0.4, -0.2) is 46.0 Å². The number of benzene rings is 2. The Morgan fingerprint density at radius 3 is 2.30 bits per heavy atom. The standard InChI is InChI=1S/C22H27ClN2O4S/c1-17-7-10-19(11-8-17)30(27,28)25(20-15-18(23)9-12-21(20)29-2)16-22(26)24-13-5-3-4-6-14-24/h7-12,15H,3-6,13-14,16H2,1-2H3. The lowest BCUT2D eigenvalue weighted by molar-refractivity contribution is -0.129. The number of halogens is 1. The summed E-state index contributed by atoms with van der Waals surface area (Å²) in [6, 6.07) is 11.3. The number of carbonyl (C=O) groups excluding carboxylic acids is 1. The smallest absolute Gasteiger partial charge is 0.264 e. The molecule has 1 amide bonds. The molecule has 8 heteroatoms. The third-order valence-electron chi connectivity index (χ3n) is 5.26. The van der Waals surface area contributed by atoms with Gasteiger partial charge in [0.1, 0.15) is 12.3 Å². The predicted octanol–water partition coefficient (Wildman–Crippen LogP) is 4.25. The molecule has 1 heterocycles. The van der Waals surface area contributed by atoms with Gasteiger partial charge in [-0.3, -0.25) is 9.10 Å². The maximum absolute atomic E-state index is 13.6. The van der Waals surface area contributed by atoms with E-state index in [9.17, 15) is 13.2 Å². The minimum Gasteiger partial charge on any atom is -0.495 e. The van der Waals surface area contributed by atoms with E-state index in [4.69, 9.17) is 16.3 Å². The molecule has 0 radical (unpaired) electrons. The number of anilines is 1. The number of hydrogen-bond acceptors (Lipinski definition) is 4. The summed E-state index contributed by atoms with van der Waals surface area (Å²) in [6.45, 7) is 2.86. The number of carbonyl (C=O) groups is 1. The first-order valence-electron chi connectivity index (χ1n) is 10.0. The summed E-state index contributed by atoms with van der Waals surface area (Å²) in [5.74, 6) is 0.105. The Bertz CT molecular complexity index is 985. The first kappa shape index (κ1) is 22.4. The van der Waals surface area contributed by atoms with Gasteiger partial charge in [0.25, 0.3) is 10.0 Å². The summed E-state index contributed by atoms with van der Waals surface area (Å²) in [5, 5.41) is 0.358. The van der Waals surface area contributed by atoms with Crippen molar-refractivity contribution in [3.05, 3.63) is 53.1 Å². The van der Waals surface area contributed by atoms with Gasteiger partial charge in [-0.2, -0.15) is 0 Å². The minimum absolute atomic E-state index is 0.110. The highest BCUT2D eigenvalue weighted by atomic mass is 35.5. The molecule has 6 nitrogen and oxygen atoms in total. The van der Waals surface area contributed by atoms with Crippen LogP contribution in [0.5, 0.6) is 5.75 Å². The molecule has 3 rings (SSSR count). The van der Waals surface area contributed by atoms with Crippen LogP contribution in [0.4, 0.5) is 5.69 Å². The predicted molar refractivity (Wildman–Crippen MR) is 119 cm³/mol. The Kier molecular flexibility index (Phi) is 7.26. The van der Waals surface area contributed by atoms with Gasteiger partial charge in [0, 0.05) is 18.1 Å². The molecule has 0 spiro atoms. The SMILES string of the molecule is COc1ccc(Cl)cc1N(CC(=O)N1CCCCCC1)S(=O)(=O)c1ccc(C)cc1. The molecule has 0 unspecified atom stereocenters. The summed E-state index contributed by atoms with van der Waals surface area (Å²) < 4.78 is 33.6. The lowest BCUT2D eigenvalue weighted by Crippen LogP contribution is -2.43. The molecule has 0 aliphatic carbocycles. The Morgan fingerprint density at radius 1 is 1.07 bits per heavy atom. The van der Waals surface area contributed by atoms with Crippen molar-refractivity contribution in [3.8, 4) is 5.75 Å². The summed E-state index contributed by atoms with van der Waals surface area (Å²) in [6.07, 6.45) is 4.02. The maximum atomic E-state index is 13.6. The van der Waals surface area contributed by atoms with Crippen LogP contribution >= 0.6 is 11.6 Å². The van der Waals surface area contributed by atoms with E-state index in [0.717, 1.165) is 35.6 Å². The molecular formula is C22H27ClN2O4S. The number of rotatable bonds is 6. The third-order valence-corrected chi connectivity index (χ3v) is 7.27. The number of amides is 1. The van der Waals surface area contributed by atoms with Gasteiger partial charge in [0.15, 0.2) is 0 Å². The van der Waals surface area contributed by atoms with Crippen LogP contribution in [0.2, 0.25) is 5.02 Å². The number of methoxy groups -OCH3 is 1. The van der Waals surface area contributed by atoms with Crippen LogP contribution < -0.4 is 9.04 Å². The molecule has 0 atom stereocenters. The van der Waals surface area contributed by atoms with E-state index < -0.39 is 10.0 Å². The molecule has 1 aliphatic rings. The fourth-order valence-electron chi connectivity index (χ4n) is 3.54. The van der Waals surface area contributed by atoms with E-state index >= 15 is 0 Å². The van der Waals surface area contributed by atoms with E-state index in [0.29, 0.717) is 23.9 Å². The first-order chi connectivity index (χ1) is 14.3. The topological polar surface area (TPSA) is 66.9 Å². The normalized spacial score (nSPS) is 14.8. The number of ether oxygens (including phenoxy) is 1. The monoisotopic (exact) mass is 450 g/mol. The van der Waals surface area contributed by atoms with Crippen LogP contribution in [0.25, 0.3) is 0 Å². The van der Waals surface area contributed by atoms with E-state index in [1.807, 2.05) is 6.92 Å². The fraction of sp³-hybridized carbons (Fsp3) is 0.409. The van der Waals surface area contributed by atoms with Gasteiger partial charge in [-0.15, -0.1) is 0 Å². The second-order valence-electron chi connectivity index (χ2n) is 7.44. The molecule has 1 aliphatic heterocycles. The van der Waals surface area contributed by atoms with Crippen molar-refractivity contribution in [2.45, 2.75) is 37.5 Å². The number of hydrogen-bond donors (Lipinski definition) is 0. The minimum atomic E-state index is -4.02. The first-order valence-corrected chi connectivity index (χ1v) is 11.9. The molecule has 30 heavy (non-hydrogen) atoms. The van der Waals surface area contributed by atoms with Crippen LogP contribution in [0.3, 0.4) is 0 Å². The molecule has 162 valence electrons.